The molecule has 2 nitrogen and oxygen atoms in total. The summed E-state index contributed by atoms with van der Waals surface area (Å²) in [6.45, 7) is 2.08. The Labute approximate surface area is 106 Å². The number of anilines is 2. The maximum Gasteiger partial charge on any atom is 0.126 e. The molecule has 0 saturated heterocycles. The third-order valence-corrected chi connectivity index (χ3v) is 2.65. The summed E-state index contributed by atoms with van der Waals surface area (Å²) in [7, 11) is 0. The maximum absolute atomic E-state index is 13.3. The van der Waals surface area contributed by atoms with Gasteiger partial charge in [0.1, 0.15) is 5.82 Å². The molecule has 3 heteroatoms. The number of halogens is 1. The quantitative estimate of drug-likeness (QED) is 0.880. The van der Waals surface area contributed by atoms with Gasteiger partial charge in [-0.2, -0.15) is 5.26 Å². The van der Waals surface area contributed by atoms with Gasteiger partial charge >= 0.3 is 0 Å². The molecule has 0 aliphatic heterocycles. The van der Waals surface area contributed by atoms with Gasteiger partial charge in [0.2, 0.25) is 0 Å². The number of hydrogen-bond donors (Lipinski definition) is 1. The third-order valence-electron chi connectivity index (χ3n) is 2.65. The van der Waals surface area contributed by atoms with Gasteiger partial charge in [-0.3, -0.25) is 0 Å². The zero-order chi connectivity index (χ0) is 13.0. The summed E-state index contributed by atoms with van der Waals surface area (Å²) in [4.78, 5) is 0. The first-order valence-corrected chi connectivity index (χ1v) is 5.78. The zero-order valence-electron chi connectivity index (χ0n) is 10.1. The van der Waals surface area contributed by atoms with Crippen molar-refractivity contribution in [3.8, 4) is 6.07 Å². The van der Waals surface area contributed by atoms with Crippen LogP contribution >= 0.6 is 0 Å². The van der Waals surface area contributed by atoms with Crippen LogP contribution in [0.1, 0.15) is 18.1 Å². The molecule has 90 valence electrons. The summed E-state index contributed by atoms with van der Waals surface area (Å²) in [6, 6.07) is 14.1. The van der Waals surface area contributed by atoms with Crippen molar-refractivity contribution >= 4 is 11.4 Å². The maximum atomic E-state index is 13.3. The lowest BCUT2D eigenvalue weighted by Crippen LogP contribution is -1.93. The molecule has 0 aliphatic carbocycles. The van der Waals surface area contributed by atoms with Crippen LogP contribution in [0.3, 0.4) is 0 Å². The molecule has 2 aromatic carbocycles. The van der Waals surface area contributed by atoms with Gasteiger partial charge in [-0.25, -0.2) is 4.39 Å². The monoisotopic (exact) mass is 240 g/mol. The fourth-order valence-electron chi connectivity index (χ4n) is 1.76. The van der Waals surface area contributed by atoms with Crippen molar-refractivity contribution in [1.82, 2.24) is 0 Å². The molecule has 2 rings (SSSR count). The van der Waals surface area contributed by atoms with E-state index in [4.69, 9.17) is 5.26 Å². The van der Waals surface area contributed by atoms with E-state index in [1.165, 1.54) is 17.7 Å². The number of benzene rings is 2. The molecule has 18 heavy (non-hydrogen) atoms. The minimum atomic E-state index is -0.414. The zero-order valence-corrected chi connectivity index (χ0v) is 10.1. The Hall–Kier alpha value is -2.34. The molecule has 0 amide bonds. The van der Waals surface area contributed by atoms with E-state index in [1.807, 2.05) is 30.3 Å². The Balaban J connectivity index is 2.28. The third kappa shape index (κ3) is 2.86. The van der Waals surface area contributed by atoms with Crippen LogP contribution in [0.4, 0.5) is 15.8 Å². The number of aryl methyl sites for hydroxylation is 1. The summed E-state index contributed by atoms with van der Waals surface area (Å²) in [5.74, 6) is -0.414. The molecule has 0 fully saturated rings. The molecular formula is C15H13FN2. The second-order valence-electron chi connectivity index (χ2n) is 4.02. The fourth-order valence-corrected chi connectivity index (χ4v) is 1.76. The number of nitrogens with zero attached hydrogens (tertiary/aromatic N) is 1. The van der Waals surface area contributed by atoms with E-state index in [0.717, 1.165) is 12.1 Å². The van der Waals surface area contributed by atoms with Crippen molar-refractivity contribution in [2.75, 3.05) is 5.32 Å². The summed E-state index contributed by atoms with van der Waals surface area (Å²) in [5, 5.41) is 11.9. The minimum Gasteiger partial charge on any atom is -0.355 e. The lowest BCUT2D eigenvalue weighted by Gasteiger charge is -2.08. The van der Waals surface area contributed by atoms with Crippen LogP contribution in [0.15, 0.2) is 42.5 Å². The van der Waals surface area contributed by atoms with E-state index in [9.17, 15) is 4.39 Å². The van der Waals surface area contributed by atoms with Crippen molar-refractivity contribution in [2.45, 2.75) is 13.3 Å². The van der Waals surface area contributed by atoms with Crippen molar-refractivity contribution in [1.29, 1.82) is 5.26 Å². The van der Waals surface area contributed by atoms with E-state index >= 15 is 0 Å². The minimum absolute atomic E-state index is 0.309. The van der Waals surface area contributed by atoms with Crippen LogP contribution in [-0.2, 0) is 6.42 Å². The second kappa shape index (κ2) is 5.33. The first-order valence-electron chi connectivity index (χ1n) is 5.78. The fraction of sp³-hybridized carbons (Fsp3) is 0.133. The van der Waals surface area contributed by atoms with Gasteiger partial charge in [-0.15, -0.1) is 0 Å². The Morgan fingerprint density at radius 2 is 2.00 bits per heavy atom. The number of rotatable bonds is 3. The van der Waals surface area contributed by atoms with Crippen molar-refractivity contribution in [2.24, 2.45) is 0 Å². The van der Waals surface area contributed by atoms with Gasteiger partial charge in [0.05, 0.1) is 11.6 Å². The predicted molar refractivity (Wildman–Crippen MR) is 70.2 cm³/mol. The van der Waals surface area contributed by atoms with Crippen molar-refractivity contribution in [3.63, 3.8) is 0 Å². The van der Waals surface area contributed by atoms with Gasteiger partial charge in [-0.05, 0) is 42.3 Å². The van der Waals surface area contributed by atoms with Gasteiger partial charge in [0.25, 0.3) is 0 Å². The van der Waals surface area contributed by atoms with E-state index in [1.54, 1.807) is 6.07 Å². The molecule has 2 aromatic rings. The van der Waals surface area contributed by atoms with Crippen LogP contribution in [0.2, 0.25) is 0 Å². The summed E-state index contributed by atoms with van der Waals surface area (Å²) >= 11 is 0. The molecule has 0 unspecified atom stereocenters. The number of hydrogen-bond acceptors (Lipinski definition) is 2. The number of nitriles is 1. The first-order chi connectivity index (χ1) is 8.71. The highest BCUT2D eigenvalue weighted by Crippen LogP contribution is 2.20. The van der Waals surface area contributed by atoms with Crippen LogP contribution in [0.25, 0.3) is 0 Å². The van der Waals surface area contributed by atoms with E-state index in [0.29, 0.717) is 11.3 Å². The highest BCUT2D eigenvalue weighted by molar-refractivity contribution is 5.62. The van der Waals surface area contributed by atoms with Gasteiger partial charge in [-0.1, -0.05) is 19.1 Å². The average Bonchev–Trinajstić information content (AvgIpc) is 2.38. The van der Waals surface area contributed by atoms with Crippen LogP contribution in [0, 0.1) is 17.1 Å². The Morgan fingerprint density at radius 1 is 1.17 bits per heavy atom. The molecular weight excluding hydrogens is 227 g/mol. The summed E-state index contributed by atoms with van der Waals surface area (Å²) in [5.41, 5.74) is 2.99. The molecule has 0 spiro atoms. The molecule has 0 aromatic heterocycles. The van der Waals surface area contributed by atoms with Crippen LogP contribution in [-0.4, -0.2) is 0 Å². The summed E-state index contributed by atoms with van der Waals surface area (Å²) < 4.78 is 13.3. The molecule has 0 atom stereocenters. The van der Waals surface area contributed by atoms with E-state index in [2.05, 4.69) is 12.2 Å². The molecule has 1 N–H and O–H groups in total. The standard InChI is InChI=1S/C15H13FN2/c1-2-11-4-3-5-14(7-11)18-15-8-12(10-17)6-13(16)9-15/h3-9,18H,2H2,1H3. The highest BCUT2D eigenvalue weighted by Gasteiger charge is 2.01. The Bertz CT molecular complexity index is 600. The number of nitrogens with one attached hydrogen (secondary N) is 1. The normalized spacial score (nSPS) is 9.83. The predicted octanol–water partition coefficient (Wildman–Crippen LogP) is 4.00. The molecule has 0 bridgehead atoms. The lowest BCUT2D eigenvalue weighted by molar-refractivity contribution is 0.628. The highest BCUT2D eigenvalue weighted by atomic mass is 19.1. The Kier molecular flexibility index (Phi) is 3.59. The second-order valence-corrected chi connectivity index (χ2v) is 4.02. The average molecular weight is 240 g/mol. The van der Waals surface area contributed by atoms with Crippen LogP contribution < -0.4 is 5.32 Å². The van der Waals surface area contributed by atoms with E-state index < -0.39 is 5.82 Å². The lowest BCUT2D eigenvalue weighted by atomic mass is 10.1. The molecule has 0 saturated carbocycles. The molecule has 0 aliphatic rings. The SMILES string of the molecule is CCc1cccc(Nc2cc(F)cc(C#N)c2)c1. The summed E-state index contributed by atoms with van der Waals surface area (Å²) in [6.07, 6.45) is 0.947. The van der Waals surface area contributed by atoms with Gasteiger partial charge < -0.3 is 5.32 Å². The Morgan fingerprint density at radius 3 is 2.72 bits per heavy atom. The van der Waals surface area contributed by atoms with Gasteiger partial charge in [0.15, 0.2) is 0 Å². The molecule has 0 heterocycles. The topological polar surface area (TPSA) is 35.8 Å². The largest absolute Gasteiger partial charge is 0.355 e. The van der Waals surface area contributed by atoms with E-state index in [-0.39, 0.29) is 0 Å². The first kappa shape index (κ1) is 12.1. The van der Waals surface area contributed by atoms with Crippen molar-refractivity contribution in [3.05, 3.63) is 59.4 Å². The smallest absolute Gasteiger partial charge is 0.126 e. The van der Waals surface area contributed by atoms with Crippen molar-refractivity contribution < 1.29 is 4.39 Å². The van der Waals surface area contributed by atoms with Gasteiger partial charge in [0, 0.05) is 11.4 Å². The van der Waals surface area contributed by atoms with Crippen LogP contribution in [0.5, 0.6) is 0 Å². The molecule has 0 radical (unpaired) electrons.